The molecule has 0 spiro atoms. The summed E-state index contributed by atoms with van der Waals surface area (Å²) in [6.07, 6.45) is 1.47. The fourth-order valence-electron chi connectivity index (χ4n) is 1.24. The molecule has 1 aliphatic rings. The van der Waals surface area contributed by atoms with E-state index in [1.807, 2.05) is 6.92 Å². The van der Waals surface area contributed by atoms with Crippen molar-refractivity contribution >= 4 is 23.2 Å². The van der Waals surface area contributed by atoms with Crippen molar-refractivity contribution in [2.45, 2.75) is 24.1 Å². The summed E-state index contributed by atoms with van der Waals surface area (Å²) in [5.41, 5.74) is -0.0833. The third-order valence-corrected chi connectivity index (χ3v) is 3.49. The van der Waals surface area contributed by atoms with Crippen LogP contribution in [-0.2, 0) is 6.42 Å². The molecule has 2 rings (SSSR count). The van der Waals surface area contributed by atoms with E-state index in [-0.39, 0.29) is 5.41 Å². The van der Waals surface area contributed by atoms with Crippen molar-refractivity contribution in [3.8, 4) is 0 Å². The van der Waals surface area contributed by atoms with Gasteiger partial charge in [-0.15, -0.1) is 33.4 Å². The molecule has 1 saturated carbocycles. The van der Waals surface area contributed by atoms with Crippen LogP contribution in [0.1, 0.15) is 19.2 Å². The second kappa shape index (κ2) is 2.33. The summed E-state index contributed by atoms with van der Waals surface area (Å²) >= 11 is 11.9. The summed E-state index contributed by atoms with van der Waals surface area (Å²) < 4.78 is -0.604. The van der Waals surface area contributed by atoms with E-state index in [1.165, 1.54) is 0 Å². The van der Waals surface area contributed by atoms with Gasteiger partial charge in [-0.3, -0.25) is 0 Å². The van der Waals surface area contributed by atoms with Crippen LogP contribution < -0.4 is 0 Å². The van der Waals surface area contributed by atoms with E-state index in [0.29, 0.717) is 12.2 Å². The van der Waals surface area contributed by atoms with Gasteiger partial charge in [-0.1, -0.05) is 12.1 Å². The smallest absolute Gasteiger partial charge is 0.175 e. The Labute approximate surface area is 79.6 Å². The lowest BCUT2D eigenvalue weighted by Crippen LogP contribution is -2.09. The fraction of sp³-hybridized carbons (Fsp3) is 0.833. The van der Waals surface area contributed by atoms with E-state index in [0.717, 1.165) is 6.42 Å². The van der Waals surface area contributed by atoms with Crippen molar-refractivity contribution in [2.24, 2.45) is 5.41 Å². The lowest BCUT2D eigenvalue weighted by atomic mass is 10.1. The molecule has 1 heterocycles. The molecule has 0 unspecified atom stereocenters. The van der Waals surface area contributed by atoms with Gasteiger partial charge in [-0.2, -0.15) is 5.21 Å². The first-order valence-corrected chi connectivity index (χ1v) is 4.39. The highest BCUT2D eigenvalue weighted by Crippen LogP contribution is 2.64. The molecule has 0 radical (unpaired) electrons. The van der Waals surface area contributed by atoms with E-state index >= 15 is 0 Å². The second-order valence-electron chi connectivity index (χ2n) is 3.45. The van der Waals surface area contributed by atoms with Crippen LogP contribution in [-0.4, -0.2) is 25.0 Å². The van der Waals surface area contributed by atoms with Gasteiger partial charge in [0.2, 0.25) is 0 Å². The minimum absolute atomic E-state index is 0.0833. The van der Waals surface area contributed by atoms with Gasteiger partial charge in [0.1, 0.15) is 4.33 Å². The summed E-state index contributed by atoms with van der Waals surface area (Å²) in [4.78, 5) is 0. The molecule has 0 amide bonds. The number of aromatic nitrogens is 4. The summed E-state index contributed by atoms with van der Waals surface area (Å²) in [6.45, 7) is 2.02. The molecular formula is C6H8Cl2N4. The minimum atomic E-state index is -0.604. The summed E-state index contributed by atoms with van der Waals surface area (Å²) in [5, 5.41) is 13.5. The van der Waals surface area contributed by atoms with Crippen LogP contribution in [0.4, 0.5) is 0 Å². The number of nitrogens with one attached hydrogen (secondary N) is 1. The number of nitrogens with zero attached hydrogens (tertiary/aromatic N) is 3. The third-order valence-electron chi connectivity index (χ3n) is 2.31. The lowest BCUT2D eigenvalue weighted by Gasteiger charge is -2.07. The first kappa shape index (κ1) is 8.26. The molecule has 1 fully saturated rings. The van der Waals surface area contributed by atoms with Crippen molar-refractivity contribution in [3.05, 3.63) is 5.82 Å². The summed E-state index contributed by atoms with van der Waals surface area (Å²) in [5.74, 6) is 0.667. The normalized spacial score (nSPS) is 31.9. The Bertz CT molecular complexity index is 284. The highest BCUT2D eigenvalue weighted by molar-refractivity contribution is 6.51. The molecule has 12 heavy (non-hydrogen) atoms. The monoisotopic (exact) mass is 206 g/mol. The Morgan fingerprint density at radius 3 is 2.67 bits per heavy atom. The number of hydrogen-bond donors (Lipinski definition) is 1. The zero-order valence-corrected chi connectivity index (χ0v) is 8.02. The Hall–Kier alpha value is -0.350. The zero-order chi connectivity index (χ0) is 8.82. The molecule has 0 aliphatic heterocycles. The van der Waals surface area contributed by atoms with Crippen molar-refractivity contribution < 1.29 is 0 Å². The Balaban J connectivity index is 2.07. The topological polar surface area (TPSA) is 54.5 Å². The van der Waals surface area contributed by atoms with E-state index < -0.39 is 4.33 Å². The SMILES string of the molecule is C[C@]1(Cc2nn[nH]n2)CC1(Cl)Cl. The predicted molar refractivity (Wildman–Crippen MR) is 45.0 cm³/mol. The highest BCUT2D eigenvalue weighted by Gasteiger charge is 2.63. The molecule has 66 valence electrons. The fourth-order valence-corrected chi connectivity index (χ4v) is 1.97. The standard InChI is InChI=1S/C6H8Cl2N4/c1-5(3-6(5,7)8)2-4-9-11-12-10-4/h2-3H2,1H3,(H,9,10,11,12)/t5-/m0/s1. The maximum Gasteiger partial charge on any atom is 0.175 e. The second-order valence-corrected chi connectivity index (χ2v) is 4.93. The van der Waals surface area contributed by atoms with Gasteiger partial charge in [0.15, 0.2) is 5.82 Å². The largest absolute Gasteiger partial charge is 0.177 e. The average Bonchev–Trinajstić information content (AvgIpc) is 2.36. The van der Waals surface area contributed by atoms with Gasteiger partial charge >= 0.3 is 0 Å². The van der Waals surface area contributed by atoms with Crippen molar-refractivity contribution in [2.75, 3.05) is 0 Å². The van der Waals surface area contributed by atoms with Crippen LogP contribution in [0, 0.1) is 5.41 Å². The van der Waals surface area contributed by atoms with Crippen LogP contribution in [0.25, 0.3) is 0 Å². The number of aromatic amines is 1. The summed E-state index contributed by atoms with van der Waals surface area (Å²) in [6, 6.07) is 0. The van der Waals surface area contributed by atoms with Gasteiger partial charge in [-0.25, -0.2) is 0 Å². The number of rotatable bonds is 2. The average molecular weight is 207 g/mol. The Kier molecular flexibility index (Phi) is 1.60. The van der Waals surface area contributed by atoms with Gasteiger partial charge in [-0.05, 0) is 6.42 Å². The maximum atomic E-state index is 5.94. The highest BCUT2D eigenvalue weighted by atomic mass is 35.5. The minimum Gasteiger partial charge on any atom is -0.177 e. The van der Waals surface area contributed by atoms with Gasteiger partial charge in [0.05, 0.1) is 0 Å². The maximum absolute atomic E-state index is 5.94. The number of halogens is 2. The van der Waals surface area contributed by atoms with E-state index in [2.05, 4.69) is 20.6 Å². The molecular weight excluding hydrogens is 199 g/mol. The van der Waals surface area contributed by atoms with Gasteiger partial charge in [0.25, 0.3) is 0 Å². The quantitative estimate of drug-likeness (QED) is 0.744. The first-order valence-electron chi connectivity index (χ1n) is 3.64. The van der Waals surface area contributed by atoms with Crippen LogP contribution in [0.3, 0.4) is 0 Å². The predicted octanol–water partition coefficient (Wildman–Crippen LogP) is 1.33. The molecule has 0 bridgehead atoms. The van der Waals surface area contributed by atoms with E-state index in [1.54, 1.807) is 0 Å². The Morgan fingerprint density at radius 2 is 2.25 bits per heavy atom. The molecule has 1 aliphatic carbocycles. The first-order chi connectivity index (χ1) is 5.54. The lowest BCUT2D eigenvalue weighted by molar-refractivity contribution is 0.541. The van der Waals surface area contributed by atoms with E-state index in [4.69, 9.17) is 23.2 Å². The number of tetrazole rings is 1. The number of hydrogen-bond acceptors (Lipinski definition) is 3. The molecule has 1 aromatic rings. The van der Waals surface area contributed by atoms with Gasteiger partial charge < -0.3 is 0 Å². The zero-order valence-electron chi connectivity index (χ0n) is 6.51. The van der Waals surface area contributed by atoms with Crippen LogP contribution in [0.5, 0.6) is 0 Å². The van der Waals surface area contributed by atoms with Crippen molar-refractivity contribution in [1.29, 1.82) is 0 Å². The molecule has 0 saturated heterocycles. The third kappa shape index (κ3) is 1.19. The molecule has 6 heteroatoms. The van der Waals surface area contributed by atoms with Crippen molar-refractivity contribution in [3.63, 3.8) is 0 Å². The Morgan fingerprint density at radius 1 is 1.58 bits per heavy atom. The molecule has 1 N–H and O–H groups in total. The van der Waals surface area contributed by atoms with Crippen LogP contribution >= 0.6 is 23.2 Å². The molecule has 4 nitrogen and oxygen atoms in total. The summed E-state index contributed by atoms with van der Waals surface area (Å²) in [7, 11) is 0. The molecule has 0 aromatic carbocycles. The van der Waals surface area contributed by atoms with Crippen molar-refractivity contribution in [1.82, 2.24) is 20.6 Å². The van der Waals surface area contributed by atoms with Crippen LogP contribution in [0.2, 0.25) is 0 Å². The number of H-pyrrole nitrogens is 1. The molecule has 1 atom stereocenters. The van der Waals surface area contributed by atoms with Crippen LogP contribution in [0.15, 0.2) is 0 Å². The van der Waals surface area contributed by atoms with Gasteiger partial charge in [0, 0.05) is 11.8 Å². The number of alkyl halides is 2. The molecule has 1 aromatic heterocycles. The van der Waals surface area contributed by atoms with E-state index in [9.17, 15) is 0 Å².